The van der Waals surface area contributed by atoms with Crippen LogP contribution in [0.5, 0.6) is 5.75 Å². The van der Waals surface area contributed by atoms with E-state index in [1.165, 1.54) is 0 Å². The molecule has 0 aromatic heterocycles. The smallest absolute Gasteiger partial charge is 0.235 e. The minimum atomic E-state index is -3.51. The molecule has 0 aliphatic carbocycles. The number of nitrogens with one attached hydrogen (secondary N) is 1. The second-order valence-corrected chi connectivity index (χ2v) is 8.67. The highest BCUT2D eigenvalue weighted by molar-refractivity contribution is 7.88. The predicted molar refractivity (Wildman–Crippen MR) is 114 cm³/mol. The van der Waals surface area contributed by atoms with E-state index in [9.17, 15) is 13.2 Å². The molecule has 0 heterocycles. The zero-order valence-corrected chi connectivity index (χ0v) is 17.1. The predicted octanol–water partition coefficient (Wildman–Crippen LogP) is 2.80. The minimum absolute atomic E-state index is 0.152. The van der Waals surface area contributed by atoms with Crippen molar-refractivity contribution in [2.45, 2.75) is 6.54 Å². The summed E-state index contributed by atoms with van der Waals surface area (Å²) in [6.07, 6.45) is 1.10. The molecule has 3 aromatic rings. The van der Waals surface area contributed by atoms with E-state index in [1.807, 2.05) is 72.8 Å². The van der Waals surface area contributed by atoms with Crippen molar-refractivity contribution in [2.24, 2.45) is 0 Å². The Morgan fingerprint density at radius 1 is 0.966 bits per heavy atom. The molecule has 3 aromatic carbocycles. The fraction of sp³-hybridized carbons (Fsp3) is 0.227. The minimum Gasteiger partial charge on any atom is -0.491 e. The van der Waals surface area contributed by atoms with Gasteiger partial charge >= 0.3 is 0 Å². The van der Waals surface area contributed by atoms with Crippen LogP contribution in [0.1, 0.15) is 5.56 Å². The SMILES string of the molecule is CS(=O)(=O)N(CC(=O)NCCOc1cccc2ccccc12)Cc1ccccc1. The third-order valence-corrected chi connectivity index (χ3v) is 5.62. The first-order valence-corrected chi connectivity index (χ1v) is 11.1. The molecule has 1 N–H and O–H groups in total. The number of ether oxygens (including phenoxy) is 1. The Labute approximate surface area is 171 Å². The fourth-order valence-corrected chi connectivity index (χ4v) is 3.70. The zero-order valence-electron chi connectivity index (χ0n) is 16.2. The molecular formula is C22H24N2O4S. The Bertz CT molecular complexity index is 1060. The number of hydrogen-bond acceptors (Lipinski definition) is 4. The summed E-state index contributed by atoms with van der Waals surface area (Å²) in [4.78, 5) is 12.2. The van der Waals surface area contributed by atoms with E-state index in [-0.39, 0.29) is 32.1 Å². The number of nitrogens with zero attached hydrogens (tertiary/aromatic N) is 1. The molecule has 0 spiro atoms. The lowest BCUT2D eigenvalue weighted by atomic mass is 10.1. The quantitative estimate of drug-likeness (QED) is 0.549. The zero-order chi connectivity index (χ0) is 20.7. The monoisotopic (exact) mass is 412 g/mol. The van der Waals surface area contributed by atoms with Crippen LogP contribution in [0.15, 0.2) is 72.8 Å². The maximum atomic E-state index is 12.2. The number of rotatable bonds is 9. The van der Waals surface area contributed by atoms with Gasteiger partial charge in [-0.3, -0.25) is 4.79 Å². The Hall–Kier alpha value is -2.90. The van der Waals surface area contributed by atoms with Gasteiger partial charge in [0.1, 0.15) is 12.4 Å². The highest BCUT2D eigenvalue weighted by atomic mass is 32.2. The van der Waals surface area contributed by atoms with Crippen molar-refractivity contribution in [3.63, 3.8) is 0 Å². The van der Waals surface area contributed by atoms with Crippen LogP contribution in [0.3, 0.4) is 0 Å². The molecule has 0 fully saturated rings. The molecule has 0 unspecified atom stereocenters. The average Bonchev–Trinajstić information content (AvgIpc) is 2.71. The lowest BCUT2D eigenvalue weighted by molar-refractivity contribution is -0.121. The van der Waals surface area contributed by atoms with Gasteiger partial charge in [0, 0.05) is 11.9 Å². The lowest BCUT2D eigenvalue weighted by Crippen LogP contribution is -2.40. The molecule has 0 aliphatic heterocycles. The second-order valence-electron chi connectivity index (χ2n) is 6.69. The molecule has 152 valence electrons. The number of sulfonamides is 1. The van der Waals surface area contributed by atoms with Crippen LogP contribution in [0, 0.1) is 0 Å². The molecule has 0 saturated heterocycles. The van der Waals surface area contributed by atoms with E-state index in [0.29, 0.717) is 0 Å². The number of carbonyl (C=O) groups is 1. The van der Waals surface area contributed by atoms with Crippen molar-refractivity contribution in [1.82, 2.24) is 9.62 Å². The molecular weight excluding hydrogens is 388 g/mol. The Balaban J connectivity index is 1.51. The van der Waals surface area contributed by atoms with Gasteiger partial charge in [0.2, 0.25) is 15.9 Å². The van der Waals surface area contributed by atoms with Gasteiger partial charge in [-0.05, 0) is 17.0 Å². The lowest BCUT2D eigenvalue weighted by Gasteiger charge is -2.19. The highest BCUT2D eigenvalue weighted by Crippen LogP contribution is 2.24. The van der Waals surface area contributed by atoms with Gasteiger partial charge in [-0.15, -0.1) is 0 Å². The summed E-state index contributed by atoms with van der Waals surface area (Å²) in [6, 6.07) is 22.9. The van der Waals surface area contributed by atoms with Gasteiger partial charge < -0.3 is 10.1 Å². The molecule has 0 bridgehead atoms. The molecule has 7 heteroatoms. The topological polar surface area (TPSA) is 75.7 Å². The van der Waals surface area contributed by atoms with Gasteiger partial charge in [-0.2, -0.15) is 4.31 Å². The van der Waals surface area contributed by atoms with Crippen LogP contribution >= 0.6 is 0 Å². The third-order valence-electron chi connectivity index (χ3n) is 4.42. The standard InChI is InChI=1S/C22H24N2O4S/c1-29(26,27)24(16-18-8-3-2-4-9-18)17-22(25)23-14-15-28-21-13-7-11-19-10-5-6-12-20(19)21/h2-13H,14-17H2,1H3,(H,23,25). The number of benzene rings is 3. The van der Waals surface area contributed by atoms with Crippen molar-refractivity contribution in [3.8, 4) is 5.75 Å². The number of amides is 1. The summed E-state index contributed by atoms with van der Waals surface area (Å²) < 4.78 is 31.0. The summed E-state index contributed by atoms with van der Waals surface area (Å²) in [5.74, 6) is 0.382. The van der Waals surface area contributed by atoms with Crippen LogP contribution in [-0.2, 0) is 21.4 Å². The summed E-state index contributed by atoms with van der Waals surface area (Å²) in [6.45, 7) is 0.490. The van der Waals surface area contributed by atoms with Crippen LogP contribution in [0.25, 0.3) is 10.8 Å². The molecule has 0 radical (unpaired) electrons. The normalized spacial score (nSPS) is 11.5. The van der Waals surface area contributed by atoms with Crippen molar-refractivity contribution in [1.29, 1.82) is 0 Å². The van der Waals surface area contributed by atoms with Gasteiger partial charge in [0.05, 0.1) is 19.3 Å². The summed E-state index contributed by atoms with van der Waals surface area (Å²) in [5.41, 5.74) is 0.824. The number of fused-ring (bicyclic) bond motifs is 1. The molecule has 1 amide bonds. The molecule has 6 nitrogen and oxygen atoms in total. The summed E-state index contributed by atoms with van der Waals surface area (Å²) >= 11 is 0. The van der Waals surface area contributed by atoms with Crippen molar-refractivity contribution in [2.75, 3.05) is 26.0 Å². The number of carbonyl (C=O) groups excluding carboxylic acids is 1. The van der Waals surface area contributed by atoms with Gasteiger partial charge in [-0.25, -0.2) is 8.42 Å². The largest absolute Gasteiger partial charge is 0.491 e. The van der Waals surface area contributed by atoms with Gasteiger partial charge in [0.25, 0.3) is 0 Å². The van der Waals surface area contributed by atoms with Crippen LogP contribution in [0.2, 0.25) is 0 Å². The maximum Gasteiger partial charge on any atom is 0.235 e. The van der Waals surface area contributed by atoms with Crippen LogP contribution in [-0.4, -0.2) is 44.6 Å². The van der Waals surface area contributed by atoms with Crippen molar-refractivity contribution >= 4 is 26.7 Å². The van der Waals surface area contributed by atoms with Crippen molar-refractivity contribution in [3.05, 3.63) is 78.4 Å². The first kappa shape index (κ1) is 20.8. The molecule has 0 saturated carbocycles. The highest BCUT2D eigenvalue weighted by Gasteiger charge is 2.20. The van der Waals surface area contributed by atoms with E-state index >= 15 is 0 Å². The van der Waals surface area contributed by atoms with Crippen molar-refractivity contribution < 1.29 is 17.9 Å². The van der Waals surface area contributed by atoms with Gasteiger partial charge in [0.15, 0.2) is 0 Å². The maximum absolute atomic E-state index is 12.2. The van der Waals surface area contributed by atoms with E-state index < -0.39 is 10.0 Å². The Kier molecular flexibility index (Phi) is 6.85. The molecule has 0 aliphatic rings. The Morgan fingerprint density at radius 3 is 2.41 bits per heavy atom. The molecule has 0 atom stereocenters. The molecule has 29 heavy (non-hydrogen) atoms. The average molecular weight is 413 g/mol. The Morgan fingerprint density at radius 2 is 1.66 bits per heavy atom. The first-order valence-electron chi connectivity index (χ1n) is 9.30. The summed E-state index contributed by atoms with van der Waals surface area (Å²) in [7, 11) is -3.51. The van der Waals surface area contributed by atoms with E-state index in [2.05, 4.69) is 5.32 Å². The second kappa shape index (κ2) is 9.54. The fourth-order valence-electron chi connectivity index (χ4n) is 2.97. The van der Waals surface area contributed by atoms with Crippen LogP contribution < -0.4 is 10.1 Å². The first-order chi connectivity index (χ1) is 13.9. The van der Waals surface area contributed by atoms with Crippen LogP contribution in [0.4, 0.5) is 0 Å². The van der Waals surface area contributed by atoms with E-state index in [0.717, 1.165) is 32.6 Å². The third kappa shape index (κ3) is 6.04. The van der Waals surface area contributed by atoms with E-state index in [4.69, 9.17) is 4.74 Å². The number of hydrogen-bond donors (Lipinski definition) is 1. The van der Waals surface area contributed by atoms with Gasteiger partial charge in [-0.1, -0.05) is 66.7 Å². The summed E-state index contributed by atoms with van der Waals surface area (Å²) in [5, 5.41) is 4.81. The molecule has 3 rings (SSSR count). The van der Waals surface area contributed by atoms with E-state index in [1.54, 1.807) is 0 Å².